The van der Waals surface area contributed by atoms with Crippen molar-refractivity contribution in [1.82, 2.24) is 4.98 Å². The number of alkyl halides is 3. The predicted molar refractivity (Wildman–Crippen MR) is 115 cm³/mol. The van der Waals surface area contributed by atoms with Gasteiger partial charge in [-0.1, -0.05) is 12.1 Å². The molecule has 0 bridgehead atoms. The fourth-order valence-electron chi connectivity index (χ4n) is 2.65. The molecule has 1 aromatic heterocycles. The van der Waals surface area contributed by atoms with Crippen molar-refractivity contribution in [3.63, 3.8) is 0 Å². The maximum Gasteiger partial charge on any atom is 0.490 e. The maximum atomic E-state index is 12.7. The summed E-state index contributed by atoms with van der Waals surface area (Å²) >= 11 is 0. The Labute approximate surface area is 188 Å². The maximum absolute atomic E-state index is 12.7. The van der Waals surface area contributed by atoms with Gasteiger partial charge in [-0.3, -0.25) is 4.72 Å². The molecule has 0 saturated heterocycles. The third kappa shape index (κ3) is 7.63. The molecule has 2 aromatic rings. The number of halogens is 3. The lowest BCUT2D eigenvalue weighted by Gasteiger charge is -2.22. The molecule has 1 aromatic carbocycles. The van der Waals surface area contributed by atoms with Crippen molar-refractivity contribution in [1.29, 1.82) is 0 Å². The van der Waals surface area contributed by atoms with Crippen LogP contribution in [-0.2, 0) is 14.8 Å². The van der Waals surface area contributed by atoms with Gasteiger partial charge in [0, 0.05) is 13.1 Å². The number of benzene rings is 1. The molecule has 0 aliphatic carbocycles. The van der Waals surface area contributed by atoms with Crippen LogP contribution in [0.3, 0.4) is 0 Å². The second-order valence-corrected chi connectivity index (χ2v) is 8.40. The molecule has 9 nitrogen and oxygen atoms in total. The Kier molecular flexibility index (Phi) is 9.22. The van der Waals surface area contributed by atoms with Crippen LogP contribution >= 0.6 is 0 Å². The van der Waals surface area contributed by atoms with E-state index >= 15 is 0 Å². The SMILES string of the molecule is CCN(CC)c1ncc(NS(=O)(=O)c2cc(C)ccc2C)cc1C(=O)O.O=C(O)C(F)(F)F. The van der Waals surface area contributed by atoms with Gasteiger partial charge in [0.15, 0.2) is 0 Å². The van der Waals surface area contributed by atoms with Gasteiger partial charge in [0.05, 0.1) is 16.8 Å². The Morgan fingerprint density at radius 1 is 1.09 bits per heavy atom. The minimum Gasteiger partial charge on any atom is -0.478 e. The van der Waals surface area contributed by atoms with E-state index in [0.717, 1.165) is 5.56 Å². The monoisotopic (exact) mass is 491 g/mol. The molecule has 0 amide bonds. The zero-order valence-corrected chi connectivity index (χ0v) is 19.1. The topological polar surface area (TPSA) is 137 Å². The summed E-state index contributed by atoms with van der Waals surface area (Å²) in [5.74, 6) is -3.60. The summed E-state index contributed by atoms with van der Waals surface area (Å²) in [5, 5.41) is 16.6. The highest BCUT2D eigenvalue weighted by Crippen LogP contribution is 2.25. The van der Waals surface area contributed by atoms with E-state index in [1.54, 1.807) is 30.9 Å². The van der Waals surface area contributed by atoms with Gasteiger partial charge < -0.3 is 15.1 Å². The first-order chi connectivity index (χ1) is 15.1. The summed E-state index contributed by atoms with van der Waals surface area (Å²) in [5.41, 5.74) is 1.49. The smallest absolute Gasteiger partial charge is 0.478 e. The van der Waals surface area contributed by atoms with Crippen LogP contribution in [-0.4, -0.2) is 54.8 Å². The minimum atomic E-state index is -5.08. The molecular weight excluding hydrogens is 467 g/mol. The third-order valence-corrected chi connectivity index (χ3v) is 5.81. The highest BCUT2D eigenvalue weighted by atomic mass is 32.2. The molecule has 0 aliphatic heterocycles. The summed E-state index contributed by atoms with van der Waals surface area (Å²) in [6, 6.07) is 6.44. The van der Waals surface area contributed by atoms with E-state index in [4.69, 9.17) is 9.90 Å². The lowest BCUT2D eigenvalue weighted by Crippen LogP contribution is -2.25. The fourth-order valence-corrected chi connectivity index (χ4v) is 4.02. The lowest BCUT2D eigenvalue weighted by molar-refractivity contribution is -0.192. The molecule has 3 N–H and O–H groups in total. The van der Waals surface area contributed by atoms with E-state index in [1.807, 2.05) is 19.9 Å². The summed E-state index contributed by atoms with van der Waals surface area (Å²) in [6.07, 6.45) is -3.75. The summed E-state index contributed by atoms with van der Waals surface area (Å²) in [7, 11) is -3.85. The number of nitrogens with zero attached hydrogens (tertiary/aromatic N) is 2. The van der Waals surface area contributed by atoms with Gasteiger partial charge in [0.2, 0.25) is 0 Å². The van der Waals surface area contributed by atoms with Gasteiger partial charge in [0.25, 0.3) is 10.0 Å². The van der Waals surface area contributed by atoms with E-state index in [9.17, 15) is 31.5 Å². The number of aliphatic carboxylic acids is 1. The third-order valence-electron chi connectivity index (χ3n) is 4.29. The Morgan fingerprint density at radius 3 is 2.09 bits per heavy atom. The molecule has 0 aliphatic rings. The largest absolute Gasteiger partial charge is 0.490 e. The molecule has 2 rings (SSSR count). The second-order valence-electron chi connectivity index (χ2n) is 6.75. The first kappa shape index (κ1) is 27.7. The highest BCUT2D eigenvalue weighted by molar-refractivity contribution is 7.92. The molecule has 0 radical (unpaired) electrons. The molecule has 0 fully saturated rings. The molecule has 33 heavy (non-hydrogen) atoms. The molecule has 182 valence electrons. The number of hydrogen-bond donors (Lipinski definition) is 3. The number of hydrogen-bond acceptors (Lipinski definition) is 6. The molecule has 13 heteroatoms. The van der Waals surface area contributed by atoms with Crippen molar-refractivity contribution in [2.24, 2.45) is 0 Å². The van der Waals surface area contributed by atoms with Gasteiger partial charge in [-0.25, -0.2) is 23.0 Å². The van der Waals surface area contributed by atoms with Crippen LogP contribution in [0.15, 0.2) is 35.4 Å². The Hall–Kier alpha value is -3.35. The molecule has 1 heterocycles. The molecule has 0 atom stereocenters. The fraction of sp³-hybridized carbons (Fsp3) is 0.350. The van der Waals surface area contributed by atoms with Crippen molar-refractivity contribution in [3.8, 4) is 0 Å². The van der Waals surface area contributed by atoms with Crippen LogP contribution in [0.2, 0.25) is 0 Å². The van der Waals surface area contributed by atoms with Gasteiger partial charge >= 0.3 is 18.1 Å². The van der Waals surface area contributed by atoms with Crippen molar-refractivity contribution in [2.75, 3.05) is 22.7 Å². The summed E-state index contributed by atoms with van der Waals surface area (Å²) in [6.45, 7) is 8.50. The van der Waals surface area contributed by atoms with E-state index in [2.05, 4.69) is 9.71 Å². The summed E-state index contributed by atoms with van der Waals surface area (Å²) in [4.78, 5) is 26.6. The van der Waals surface area contributed by atoms with Crippen LogP contribution in [0.1, 0.15) is 35.3 Å². The first-order valence-corrected chi connectivity index (χ1v) is 11.0. The Morgan fingerprint density at radius 2 is 1.64 bits per heavy atom. The van der Waals surface area contributed by atoms with Crippen molar-refractivity contribution in [2.45, 2.75) is 38.8 Å². The number of aromatic nitrogens is 1. The van der Waals surface area contributed by atoms with Crippen LogP contribution in [0, 0.1) is 13.8 Å². The van der Waals surface area contributed by atoms with Gasteiger partial charge in [-0.05, 0) is 51.0 Å². The number of anilines is 2. The summed E-state index contributed by atoms with van der Waals surface area (Å²) < 4.78 is 59.5. The standard InChI is InChI=1S/C18H23N3O4S.C2HF3O2/c1-5-21(6-2)17-15(18(22)23)10-14(11-19-17)20-26(24,25)16-9-12(3)7-8-13(16)4;3-2(4,5)1(6)7/h7-11,20H,5-6H2,1-4H3,(H,22,23);(H,6,7). The van der Waals surface area contributed by atoms with Gasteiger partial charge in [0.1, 0.15) is 11.4 Å². The van der Waals surface area contributed by atoms with Crippen LogP contribution in [0.25, 0.3) is 0 Å². The van der Waals surface area contributed by atoms with Crippen molar-refractivity contribution in [3.05, 3.63) is 47.2 Å². The van der Waals surface area contributed by atoms with Gasteiger partial charge in [-0.15, -0.1) is 0 Å². The van der Waals surface area contributed by atoms with Crippen LogP contribution < -0.4 is 9.62 Å². The van der Waals surface area contributed by atoms with Crippen molar-refractivity contribution >= 4 is 33.5 Å². The molecule has 0 unspecified atom stereocenters. The van der Waals surface area contributed by atoms with E-state index in [1.165, 1.54) is 12.3 Å². The van der Waals surface area contributed by atoms with Crippen LogP contribution in [0.4, 0.5) is 24.7 Å². The Bertz CT molecular complexity index is 1120. The number of carbonyl (C=O) groups is 2. The lowest BCUT2D eigenvalue weighted by atomic mass is 10.2. The normalized spacial score (nSPS) is 11.2. The van der Waals surface area contributed by atoms with Crippen LogP contribution in [0.5, 0.6) is 0 Å². The van der Waals surface area contributed by atoms with Gasteiger partial charge in [-0.2, -0.15) is 13.2 Å². The molecule has 0 saturated carbocycles. The number of aryl methyl sites for hydroxylation is 2. The van der Waals surface area contributed by atoms with E-state index < -0.39 is 28.1 Å². The number of sulfonamides is 1. The molecule has 0 spiro atoms. The van der Waals surface area contributed by atoms with E-state index in [0.29, 0.717) is 24.5 Å². The van der Waals surface area contributed by atoms with E-state index in [-0.39, 0.29) is 16.1 Å². The first-order valence-electron chi connectivity index (χ1n) is 9.52. The highest BCUT2D eigenvalue weighted by Gasteiger charge is 2.38. The Balaban J connectivity index is 0.000000675. The zero-order valence-electron chi connectivity index (χ0n) is 18.3. The number of rotatable bonds is 7. The molecular formula is C20H24F3N3O6S. The minimum absolute atomic E-state index is 0.0464. The number of carboxylic acid groups (broad SMARTS) is 2. The van der Waals surface area contributed by atoms with Crippen molar-refractivity contribution < 1.29 is 41.4 Å². The second kappa shape index (κ2) is 11.0. The predicted octanol–water partition coefficient (Wildman–Crippen LogP) is 3.68. The number of nitrogens with one attached hydrogen (secondary N) is 1. The average Bonchev–Trinajstić information content (AvgIpc) is 2.70. The number of pyridine rings is 1. The number of aromatic carboxylic acids is 1. The zero-order chi connectivity index (χ0) is 25.6. The quantitative estimate of drug-likeness (QED) is 0.534. The number of carboxylic acids is 2. The average molecular weight is 491 g/mol.